The van der Waals surface area contributed by atoms with Gasteiger partial charge in [0, 0.05) is 17.8 Å². The summed E-state index contributed by atoms with van der Waals surface area (Å²) in [5.74, 6) is -0.186. The van der Waals surface area contributed by atoms with Crippen molar-refractivity contribution in [1.29, 1.82) is 0 Å². The number of nitrogens with one attached hydrogen (secondary N) is 1. The number of furan rings is 1. The van der Waals surface area contributed by atoms with E-state index in [1.165, 1.54) is 11.1 Å². The van der Waals surface area contributed by atoms with Crippen LogP contribution in [-0.2, 0) is 0 Å². The molecule has 0 radical (unpaired) electrons. The van der Waals surface area contributed by atoms with Crippen molar-refractivity contribution in [3.8, 4) is 11.3 Å². The molecule has 0 fully saturated rings. The van der Waals surface area contributed by atoms with Gasteiger partial charge in [-0.05, 0) is 23.6 Å². The number of para-hydroxylation sites is 1. The minimum atomic E-state index is -0.325. The molecular weight excluding hydrogens is 414 g/mol. The summed E-state index contributed by atoms with van der Waals surface area (Å²) in [5.41, 5.74) is 10.4. The van der Waals surface area contributed by atoms with Crippen molar-refractivity contribution in [3.05, 3.63) is 108 Å². The fourth-order valence-corrected chi connectivity index (χ4v) is 4.18. The maximum Gasteiger partial charge on any atom is 0.259 e. The molecule has 164 valence electrons. The largest absolute Gasteiger partial charge is 0.464 e. The Kier molecular flexibility index (Phi) is 5.64. The van der Waals surface area contributed by atoms with Crippen molar-refractivity contribution >= 4 is 22.8 Å². The van der Waals surface area contributed by atoms with Crippen LogP contribution in [-0.4, -0.2) is 17.6 Å². The number of carbonyl (C=O) groups is 1. The van der Waals surface area contributed by atoms with Gasteiger partial charge >= 0.3 is 0 Å². The van der Waals surface area contributed by atoms with Crippen LogP contribution < -0.4 is 11.1 Å². The highest BCUT2D eigenvalue weighted by molar-refractivity contribution is 6.06. The molecule has 6 heteroatoms. The summed E-state index contributed by atoms with van der Waals surface area (Å²) in [5, 5.41) is 7.88. The first-order chi connectivity index (χ1) is 16.2. The number of carbonyl (C=O) groups excluding carboxylic acids is 1. The lowest BCUT2D eigenvalue weighted by molar-refractivity contribution is 0.0954. The van der Waals surface area contributed by atoms with Gasteiger partial charge in [-0.2, -0.15) is 0 Å². The lowest BCUT2D eigenvalue weighted by atomic mass is 9.88. The van der Waals surface area contributed by atoms with E-state index in [0.29, 0.717) is 23.4 Å². The van der Waals surface area contributed by atoms with Crippen molar-refractivity contribution < 1.29 is 13.7 Å². The van der Waals surface area contributed by atoms with Crippen LogP contribution in [0.3, 0.4) is 0 Å². The molecule has 1 amide bonds. The zero-order valence-electron chi connectivity index (χ0n) is 17.9. The second-order valence-electron chi connectivity index (χ2n) is 7.83. The van der Waals surface area contributed by atoms with Gasteiger partial charge in [-0.1, -0.05) is 84.0 Å². The molecule has 0 unspecified atom stereocenters. The quantitative estimate of drug-likeness (QED) is 0.344. The Balaban J connectivity index is 1.36. The van der Waals surface area contributed by atoms with Crippen molar-refractivity contribution in [2.45, 2.75) is 12.3 Å². The average molecular weight is 437 g/mol. The highest BCUT2D eigenvalue weighted by atomic mass is 16.5. The van der Waals surface area contributed by atoms with E-state index in [4.69, 9.17) is 14.7 Å². The molecule has 3 N–H and O–H groups in total. The molecule has 0 bridgehead atoms. The molecule has 0 atom stereocenters. The predicted molar refractivity (Wildman–Crippen MR) is 128 cm³/mol. The van der Waals surface area contributed by atoms with Crippen LogP contribution in [0, 0.1) is 0 Å². The number of aromatic nitrogens is 1. The maximum absolute atomic E-state index is 13.1. The van der Waals surface area contributed by atoms with Gasteiger partial charge in [-0.25, -0.2) is 0 Å². The van der Waals surface area contributed by atoms with E-state index in [1.807, 2.05) is 60.7 Å². The molecule has 5 rings (SSSR count). The number of nitrogen functional groups attached to an aromatic ring is 1. The van der Waals surface area contributed by atoms with E-state index >= 15 is 0 Å². The van der Waals surface area contributed by atoms with E-state index in [-0.39, 0.29) is 23.3 Å². The van der Waals surface area contributed by atoms with E-state index in [2.05, 4.69) is 34.7 Å². The second-order valence-corrected chi connectivity index (χ2v) is 7.83. The standard InChI is InChI=1S/C27H23N3O3/c28-26-24(25(30-33-26)22-17-32-23-14-8-7-13-21(22)23)27(31)29-16-15-20(18-9-3-1-4-10-18)19-11-5-2-6-12-19/h1-14,17,20H,15-16,28H2,(H,29,31). The van der Waals surface area contributed by atoms with Gasteiger partial charge in [0.15, 0.2) is 0 Å². The number of hydrogen-bond acceptors (Lipinski definition) is 5. The molecular formula is C27H23N3O3. The third-order valence-corrected chi connectivity index (χ3v) is 5.80. The lowest BCUT2D eigenvalue weighted by Gasteiger charge is -2.18. The normalized spacial score (nSPS) is 11.2. The number of hydrogen-bond donors (Lipinski definition) is 2. The SMILES string of the molecule is Nc1onc(-c2coc3ccccc23)c1C(=O)NCCC(c1ccccc1)c1ccccc1. The summed E-state index contributed by atoms with van der Waals surface area (Å²) in [4.78, 5) is 13.1. The van der Waals surface area contributed by atoms with Gasteiger partial charge in [0.25, 0.3) is 5.91 Å². The van der Waals surface area contributed by atoms with Crippen molar-refractivity contribution in [2.75, 3.05) is 12.3 Å². The van der Waals surface area contributed by atoms with E-state index in [9.17, 15) is 4.79 Å². The van der Waals surface area contributed by atoms with Gasteiger partial charge in [-0.15, -0.1) is 0 Å². The summed E-state index contributed by atoms with van der Waals surface area (Å²) < 4.78 is 10.8. The number of fused-ring (bicyclic) bond motifs is 1. The number of anilines is 1. The Bertz CT molecular complexity index is 1330. The Morgan fingerprint density at radius 2 is 1.55 bits per heavy atom. The Morgan fingerprint density at radius 3 is 2.24 bits per heavy atom. The number of amides is 1. The number of benzene rings is 3. The second kappa shape index (κ2) is 9.04. The van der Waals surface area contributed by atoms with Crippen LogP contribution in [0.25, 0.3) is 22.2 Å². The highest BCUT2D eigenvalue weighted by Crippen LogP contribution is 2.34. The molecule has 0 aliphatic rings. The van der Waals surface area contributed by atoms with Gasteiger partial charge in [0.1, 0.15) is 23.1 Å². The van der Waals surface area contributed by atoms with Crippen LogP contribution in [0.2, 0.25) is 0 Å². The van der Waals surface area contributed by atoms with Crippen LogP contribution in [0.1, 0.15) is 33.8 Å². The Labute approximate surface area is 191 Å². The van der Waals surface area contributed by atoms with Gasteiger partial charge in [0.2, 0.25) is 5.88 Å². The maximum atomic E-state index is 13.1. The average Bonchev–Trinajstić information content (AvgIpc) is 3.46. The smallest absolute Gasteiger partial charge is 0.259 e. The highest BCUT2D eigenvalue weighted by Gasteiger charge is 2.25. The molecule has 0 aliphatic heterocycles. The summed E-state index contributed by atoms with van der Waals surface area (Å²) in [6.45, 7) is 0.462. The van der Waals surface area contributed by atoms with E-state index in [1.54, 1.807) is 6.26 Å². The molecule has 5 aromatic rings. The van der Waals surface area contributed by atoms with Crippen LogP contribution in [0.4, 0.5) is 5.88 Å². The minimum Gasteiger partial charge on any atom is -0.464 e. The van der Waals surface area contributed by atoms with Crippen LogP contribution in [0.5, 0.6) is 0 Å². The van der Waals surface area contributed by atoms with Crippen LogP contribution in [0.15, 0.2) is 100 Å². The molecule has 2 heterocycles. The summed E-state index contributed by atoms with van der Waals surface area (Å²) in [7, 11) is 0. The first kappa shape index (κ1) is 20.6. The molecule has 3 aromatic carbocycles. The fraction of sp³-hybridized carbons (Fsp3) is 0.111. The van der Waals surface area contributed by atoms with Gasteiger partial charge < -0.3 is 20.0 Å². The zero-order chi connectivity index (χ0) is 22.6. The van der Waals surface area contributed by atoms with Crippen LogP contribution >= 0.6 is 0 Å². The Hall–Kier alpha value is -4.32. The minimum absolute atomic E-state index is 0.0181. The molecule has 0 spiro atoms. The van der Waals surface area contributed by atoms with E-state index in [0.717, 1.165) is 11.8 Å². The predicted octanol–water partition coefficient (Wildman–Crippen LogP) is 5.62. The van der Waals surface area contributed by atoms with Gasteiger partial charge in [0.05, 0.1) is 5.56 Å². The fourth-order valence-electron chi connectivity index (χ4n) is 4.18. The molecule has 0 saturated heterocycles. The third-order valence-electron chi connectivity index (χ3n) is 5.80. The summed E-state index contributed by atoms with van der Waals surface area (Å²) >= 11 is 0. The summed E-state index contributed by atoms with van der Waals surface area (Å²) in [6, 6.07) is 28.1. The molecule has 2 aromatic heterocycles. The first-order valence-corrected chi connectivity index (χ1v) is 10.8. The Morgan fingerprint density at radius 1 is 0.909 bits per heavy atom. The lowest BCUT2D eigenvalue weighted by Crippen LogP contribution is -2.26. The topological polar surface area (TPSA) is 94.3 Å². The molecule has 0 aliphatic carbocycles. The van der Waals surface area contributed by atoms with Gasteiger partial charge in [-0.3, -0.25) is 4.79 Å². The number of rotatable bonds is 7. The first-order valence-electron chi connectivity index (χ1n) is 10.8. The molecule has 33 heavy (non-hydrogen) atoms. The monoisotopic (exact) mass is 437 g/mol. The number of nitrogens with two attached hydrogens (primary N) is 1. The molecule has 6 nitrogen and oxygen atoms in total. The zero-order valence-corrected chi connectivity index (χ0v) is 17.9. The van der Waals surface area contributed by atoms with E-state index < -0.39 is 0 Å². The van der Waals surface area contributed by atoms with Crippen molar-refractivity contribution in [2.24, 2.45) is 0 Å². The number of nitrogens with zero attached hydrogens (tertiary/aromatic N) is 1. The molecule has 0 saturated carbocycles. The van der Waals surface area contributed by atoms with Crippen molar-refractivity contribution in [3.63, 3.8) is 0 Å². The third kappa shape index (κ3) is 4.11. The van der Waals surface area contributed by atoms with Crippen molar-refractivity contribution in [1.82, 2.24) is 10.5 Å². The summed E-state index contributed by atoms with van der Waals surface area (Å²) in [6.07, 6.45) is 2.30.